The van der Waals surface area contributed by atoms with E-state index in [0.29, 0.717) is 6.61 Å². The van der Waals surface area contributed by atoms with Gasteiger partial charge in [-0.2, -0.15) is 0 Å². The molecule has 0 aliphatic rings. The number of aromatic hydroxyl groups is 1. The molecule has 2 nitrogen and oxygen atoms in total. The minimum Gasteiger partial charge on any atom is -0.508 e. The van der Waals surface area contributed by atoms with Gasteiger partial charge in [-0.05, 0) is 62.4 Å². The Morgan fingerprint density at radius 3 is 1.90 bits per heavy atom. The number of ether oxygens (including phenoxy) is 1. The summed E-state index contributed by atoms with van der Waals surface area (Å²) < 4.78 is 6.38. The Morgan fingerprint density at radius 1 is 0.700 bits per heavy atom. The quantitative estimate of drug-likeness (QED) is 0.389. The van der Waals surface area contributed by atoms with Crippen LogP contribution in [-0.4, -0.2) is 11.7 Å². The van der Waals surface area contributed by atoms with Crippen molar-refractivity contribution in [3.8, 4) is 11.5 Å². The van der Waals surface area contributed by atoms with Crippen molar-refractivity contribution < 1.29 is 9.84 Å². The van der Waals surface area contributed by atoms with E-state index in [4.69, 9.17) is 4.74 Å². The van der Waals surface area contributed by atoms with Gasteiger partial charge in [-0.3, -0.25) is 0 Å². The highest BCUT2D eigenvalue weighted by molar-refractivity contribution is 5.89. The molecule has 2 heteroatoms. The first-order valence-corrected chi connectivity index (χ1v) is 10.5. The van der Waals surface area contributed by atoms with Gasteiger partial charge in [0.1, 0.15) is 11.5 Å². The molecule has 4 aromatic rings. The van der Waals surface area contributed by atoms with Gasteiger partial charge < -0.3 is 9.84 Å². The van der Waals surface area contributed by atoms with Crippen LogP contribution in [0.1, 0.15) is 45.7 Å². The van der Waals surface area contributed by atoms with Crippen LogP contribution in [-0.2, 0) is 10.8 Å². The summed E-state index contributed by atoms with van der Waals surface area (Å²) in [7, 11) is 0. The van der Waals surface area contributed by atoms with Gasteiger partial charge in [-0.15, -0.1) is 0 Å². The highest BCUT2D eigenvalue weighted by atomic mass is 16.5. The third-order valence-corrected chi connectivity index (χ3v) is 5.82. The van der Waals surface area contributed by atoms with E-state index in [0.717, 1.165) is 22.1 Å². The first-order chi connectivity index (χ1) is 14.1. The predicted molar refractivity (Wildman–Crippen MR) is 127 cm³/mol. The molecule has 0 atom stereocenters. The first-order valence-electron chi connectivity index (χ1n) is 10.5. The average Bonchev–Trinajstić information content (AvgIpc) is 2.70. The second-order valence-electron chi connectivity index (χ2n) is 9.83. The fraction of sp³-hybridized carbons (Fsp3) is 0.286. The van der Waals surface area contributed by atoms with Crippen LogP contribution in [0, 0.1) is 0 Å². The van der Waals surface area contributed by atoms with E-state index in [2.05, 4.69) is 77.1 Å². The predicted octanol–water partition coefficient (Wildman–Crippen LogP) is 7.35. The Labute approximate surface area is 179 Å². The van der Waals surface area contributed by atoms with E-state index < -0.39 is 0 Å². The molecular formula is C28H30O2. The fourth-order valence-electron chi connectivity index (χ4n) is 4.18. The topological polar surface area (TPSA) is 29.5 Å². The Hall–Kier alpha value is -3.00. The van der Waals surface area contributed by atoms with Gasteiger partial charge >= 0.3 is 0 Å². The van der Waals surface area contributed by atoms with Crippen molar-refractivity contribution >= 4 is 21.5 Å². The van der Waals surface area contributed by atoms with Crippen molar-refractivity contribution in [1.29, 1.82) is 0 Å². The molecule has 0 spiro atoms. The van der Waals surface area contributed by atoms with Gasteiger partial charge in [-0.1, -0.05) is 83.1 Å². The second kappa shape index (κ2) is 7.36. The fourth-order valence-corrected chi connectivity index (χ4v) is 4.18. The van der Waals surface area contributed by atoms with Crippen LogP contribution < -0.4 is 4.74 Å². The minimum atomic E-state index is -0.272. The summed E-state index contributed by atoms with van der Waals surface area (Å²) in [6, 6.07) is 24.7. The third-order valence-electron chi connectivity index (χ3n) is 5.82. The zero-order valence-corrected chi connectivity index (χ0v) is 18.5. The average molecular weight is 399 g/mol. The number of hydrogen-bond acceptors (Lipinski definition) is 2. The van der Waals surface area contributed by atoms with Crippen LogP contribution in [0.2, 0.25) is 0 Å². The van der Waals surface area contributed by atoms with Gasteiger partial charge in [0, 0.05) is 5.41 Å². The lowest BCUT2D eigenvalue weighted by Crippen LogP contribution is -2.26. The SMILES string of the molecule is CC(C)(C)c1cc(OCC(C)(C)c2cc(O)cc3ccccc23)cc2ccccc12. The number of hydrogen-bond donors (Lipinski definition) is 1. The molecule has 0 saturated carbocycles. The standard InChI is InChI=1S/C28H30O2/c1-27(2,3)25-17-22(15-20-11-7-8-12-23(20)25)30-18-28(4,5)26-16-21(29)14-19-10-6-9-13-24(19)26/h6-17,29H,18H2,1-5H3. The molecule has 154 valence electrons. The summed E-state index contributed by atoms with van der Waals surface area (Å²) in [4.78, 5) is 0. The molecule has 0 amide bonds. The van der Waals surface area contributed by atoms with Crippen molar-refractivity contribution in [3.05, 3.63) is 83.9 Å². The van der Waals surface area contributed by atoms with Crippen molar-refractivity contribution in [2.24, 2.45) is 0 Å². The first kappa shape index (κ1) is 20.3. The molecule has 4 aromatic carbocycles. The lowest BCUT2D eigenvalue weighted by molar-refractivity contribution is 0.241. The Morgan fingerprint density at radius 2 is 1.27 bits per heavy atom. The molecule has 0 saturated heterocycles. The number of phenols is 1. The largest absolute Gasteiger partial charge is 0.508 e. The lowest BCUT2D eigenvalue weighted by atomic mass is 9.82. The monoisotopic (exact) mass is 398 g/mol. The van der Waals surface area contributed by atoms with Crippen molar-refractivity contribution in [2.75, 3.05) is 6.61 Å². The van der Waals surface area contributed by atoms with Crippen LogP contribution in [0.5, 0.6) is 11.5 Å². The third kappa shape index (κ3) is 3.87. The van der Waals surface area contributed by atoms with Gasteiger partial charge in [-0.25, -0.2) is 0 Å². The molecule has 0 heterocycles. The molecule has 30 heavy (non-hydrogen) atoms. The second-order valence-corrected chi connectivity index (χ2v) is 9.83. The zero-order valence-electron chi connectivity index (χ0n) is 18.5. The summed E-state index contributed by atoms with van der Waals surface area (Å²) in [6.45, 7) is 11.6. The van der Waals surface area contributed by atoms with Crippen molar-refractivity contribution in [1.82, 2.24) is 0 Å². The van der Waals surface area contributed by atoms with Crippen LogP contribution >= 0.6 is 0 Å². The molecule has 0 bridgehead atoms. The molecule has 1 N–H and O–H groups in total. The summed E-state index contributed by atoms with van der Waals surface area (Å²) >= 11 is 0. The molecule has 4 rings (SSSR count). The smallest absolute Gasteiger partial charge is 0.120 e. The molecule has 0 fully saturated rings. The highest BCUT2D eigenvalue weighted by Gasteiger charge is 2.25. The van der Waals surface area contributed by atoms with Crippen molar-refractivity contribution in [2.45, 2.75) is 45.4 Å². The van der Waals surface area contributed by atoms with Crippen LogP contribution in [0.3, 0.4) is 0 Å². The summed E-state index contributed by atoms with van der Waals surface area (Å²) in [5.41, 5.74) is 2.13. The van der Waals surface area contributed by atoms with E-state index in [1.807, 2.05) is 30.3 Å². The van der Waals surface area contributed by atoms with E-state index in [-0.39, 0.29) is 16.6 Å². The molecule has 0 aliphatic carbocycles. The normalized spacial score (nSPS) is 12.4. The molecule has 0 radical (unpaired) electrons. The molecule has 0 unspecified atom stereocenters. The van der Waals surface area contributed by atoms with Gasteiger partial charge in [0.2, 0.25) is 0 Å². The van der Waals surface area contributed by atoms with Gasteiger partial charge in [0.15, 0.2) is 0 Å². The Kier molecular flexibility index (Phi) is 4.97. The van der Waals surface area contributed by atoms with Gasteiger partial charge in [0.05, 0.1) is 6.61 Å². The molecule has 0 aromatic heterocycles. The summed E-state index contributed by atoms with van der Waals surface area (Å²) in [5, 5.41) is 14.9. The number of phenolic OH excluding ortho intramolecular Hbond substituents is 1. The maximum atomic E-state index is 10.3. The van der Waals surface area contributed by atoms with E-state index >= 15 is 0 Å². The summed E-state index contributed by atoms with van der Waals surface area (Å²) in [6.07, 6.45) is 0. The number of rotatable bonds is 4. The maximum absolute atomic E-state index is 10.3. The number of fused-ring (bicyclic) bond motifs is 2. The molecular weight excluding hydrogens is 368 g/mol. The summed E-state index contributed by atoms with van der Waals surface area (Å²) in [5.74, 6) is 1.17. The van der Waals surface area contributed by atoms with E-state index in [1.165, 1.54) is 16.3 Å². The van der Waals surface area contributed by atoms with E-state index in [1.54, 1.807) is 0 Å². The lowest BCUT2D eigenvalue weighted by Gasteiger charge is -2.28. The van der Waals surface area contributed by atoms with Crippen LogP contribution in [0.15, 0.2) is 72.8 Å². The van der Waals surface area contributed by atoms with Gasteiger partial charge in [0.25, 0.3) is 0 Å². The highest BCUT2D eigenvalue weighted by Crippen LogP contribution is 2.37. The Balaban J connectivity index is 1.70. The number of benzene rings is 4. The minimum absolute atomic E-state index is 0.0237. The van der Waals surface area contributed by atoms with Crippen molar-refractivity contribution in [3.63, 3.8) is 0 Å². The molecule has 0 aliphatic heterocycles. The van der Waals surface area contributed by atoms with E-state index in [9.17, 15) is 5.11 Å². The van der Waals surface area contributed by atoms with Crippen LogP contribution in [0.25, 0.3) is 21.5 Å². The zero-order chi connectivity index (χ0) is 21.5. The maximum Gasteiger partial charge on any atom is 0.120 e. The Bertz CT molecular complexity index is 1210. The van der Waals surface area contributed by atoms with Crippen LogP contribution in [0.4, 0.5) is 0 Å².